The fraction of sp³-hybridized carbons (Fsp3) is 0.500. The minimum absolute atomic E-state index is 0.475. The van der Waals surface area contributed by atoms with Gasteiger partial charge < -0.3 is 10.2 Å². The molecule has 3 heterocycles. The maximum atomic E-state index is 6.00. The van der Waals surface area contributed by atoms with Crippen molar-refractivity contribution >= 4 is 34.7 Å². The van der Waals surface area contributed by atoms with Crippen molar-refractivity contribution in [2.75, 3.05) is 37.4 Å². The zero-order valence-electron chi connectivity index (χ0n) is 13.5. The van der Waals surface area contributed by atoms with Gasteiger partial charge in [0.15, 0.2) is 0 Å². The third kappa shape index (κ3) is 4.56. The van der Waals surface area contributed by atoms with E-state index in [1.54, 1.807) is 17.5 Å². The average Bonchev–Trinajstić information content (AvgIpc) is 2.94. The van der Waals surface area contributed by atoms with Gasteiger partial charge in [-0.1, -0.05) is 11.6 Å². The summed E-state index contributed by atoms with van der Waals surface area (Å²) in [4.78, 5) is 14.5. The lowest BCUT2D eigenvalue weighted by atomic mass is 10.1. The Morgan fingerprint density at radius 3 is 2.74 bits per heavy atom. The van der Waals surface area contributed by atoms with Crippen LogP contribution in [0.3, 0.4) is 0 Å². The number of halogens is 1. The molecular weight excluding hydrogens is 330 g/mol. The number of hydrogen-bond donors (Lipinski definition) is 1. The summed E-state index contributed by atoms with van der Waals surface area (Å²) in [7, 11) is 3.91. The van der Waals surface area contributed by atoms with Crippen LogP contribution in [-0.2, 0) is 6.54 Å². The summed E-state index contributed by atoms with van der Waals surface area (Å²) >= 11 is 7.68. The van der Waals surface area contributed by atoms with Crippen molar-refractivity contribution in [2.24, 2.45) is 0 Å². The number of hydrogen-bond acceptors (Lipinski definition) is 6. The molecule has 0 atom stereocenters. The predicted molar refractivity (Wildman–Crippen MR) is 97.6 cm³/mol. The second-order valence-electron chi connectivity index (χ2n) is 6.04. The highest BCUT2D eigenvalue weighted by Gasteiger charge is 2.20. The Morgan fingerprint density at radius 1 is 1.30 bits per heavy atom. The number of anilines is 2. The van der Waals surface area contributed by atoms with Crippen molar-refractivity contribution in [2.45, 2.75) is 25.4 Å². The first-order chi connectivity index (χ1) is 11.1. The molecule has 0 spiro atoms. The fourth-order valence-corrected chi connectivity index (χ4v) is 3.88. The topological polar surface area (TPSA) is 44.3 Å². The van der Waals surface area contributed by atoms with E-state index in [4.69, 9.17) is 11.6 Å². The van der Waals surface area contributed by atoms with E-state index in [9.17, 15) is 0 Å². The molecule has 23 heavy (non-hydrogen) atoms. The maximum Gasteiger partial charge on any atom is 0.226 e. The third-order valence-electron chi connectivity index (χ3n) is 3.99. The van der Waals surface area contributed by atoms with Crippen molar-refractivity contribution in [3.8, 4) is 0 Å². The first kappa shape index (κ1) is 16.5. The number of thiophene rings is 1. The van der Waals surface area contributed by atoms with E-state index < -0.39 is 0 Å². The minimum Gasteiger partial charge on any atom is -0.367 e. The third-order valence-corrected chi connectivity index (χ3v) is 5.21. The summed E-state index contributed by atoms with van der Waals surface area (Å²) in [6.45, 7) is 3.19. The summed E-state index contributed by atoms with van der Waals surface area (Å²) in [6, 6.07) is 6.52. The van der Waals surface area contributed by atoms with Crippen molar-refractivity contribution < 1.29 is 0 Å². The van der Waals surface area contributed by atoms with Gasteiger partial charge in [-0.2, -0.15) is 4.98 Å². The molecule has 2 aromatic heterocycles. The SMILES string of the molecule is CN(C)c1nccc(NC2CCN(Cc3ccc(Cl)s3)CC2)n1. The van der Waals surface area contributed by atoms with Crippen molar-refractivity contribution in [1.29, 1.82) is 0 Å². The number of rotatable bonds is 5. The summed E-state index contributed by atoms with van der Waals surface area (Å²) in [5, 5.41) is 3.54. The van der Waals surface area contributed by atoms with E-state index in [1.807, 2.05) is 31.1 Å². The van der Waals surface area contributed by atoms with Crippen LogP contribution in [0.5, 0.6) is 0 Å². The molecule has 1 aliphatic heterocycles. The van der Waals surface area contributed by atoms with Crippen LogP contribution >= 0.6 is 22.9 Å². The smallest absolute Gasteiger partial charge is 0.226 e. The first-order valence-corrected chi connectivity index (χ1v) is 9.03. The lowest BCUT2D eigenvalue weighted by Crippen LogP contribution is -2.38. The van der Waals surface area contributed by atoms with E-state index in [1.165, 1.54) is 4.88 Å². The number of aromatic nitrogens is 2. The molecule has 0 unspecified atom stereocenters. The van der Waals surface area contributed by atoms with Crippen LogP contribution in [0, 0.1) is 0 Å². The molecule has 0 aliphatic carbocycles. The predicted octanol–water partition coefficient (Wildman–Crippen LogP) is 3.33. The van der Waals surface area contributed by atoms with Crippen molar-refractivity contribution in [3.63, 3.8) is 0 Å². The molecule has 0 bridgehead atoms. The second kappa shape index (κ2) is 7.47. The normalized spacial score (nSPS) is 16.5. The quantitative estimate of drug-likeness (QED) is 0.895. The van der Waals surface area contributed by atoms with Crippen LogP contribution in [0.25, 0.3) is 0 Å². The molecule has 1 fully saturated rings. The van der Waals surface area contributed by atoms with Crippen molar-refractivity contribution in [3.05, 3.63) is 33.6 Å². The Morgan fingerprint density at radius 2 is 2.09 bits per heavy atom. The Labute approximate surface area is 146 Å². The van der Waals surface area contributed by atoms with Crippen LogP contribution in [-0.4, -0.2) is 48.1 Å². The Balaban J connectivity index is 1.50. The number of likely N-dealkylation sites (tertiary alicyclic amines) is 1. The zero-order chi connectivity index (χ0) is 16.2. The molecule has 1 N–H and O–H groups in total. The maximum absolute atomic E-state index is 6.00. The summed E-state index contributed by atoms with van der Waals surface area (Å²) in [5.41, 5.74) is 0. The average molecular weight is 352 g/mol. The molecule has 5 nitrogen and oxygen atoms in total. The van der Waals surface area contributed by atoms with E-state index in [2.05, 4.69) is 26.3 Å². The minimum atomic E-state index is 0.475. The fourth-order valence-electron chi connectivity index (χ4n) is 2.75. The van der Waals surface area contributed by atoms with E-state index in [0.29, 0.717) is 6.04 Å². The van der Waals surface area contributed by atoms with Crippen LogP contribution in [0.4, 0.5) is 11.8 Å². The Bertz CT molecular complexity index is 637. The summed E-state index contributed by atoms with van der Waals surface area (Å²) in [6.07, 6.45) is 4.06. The highest BCUT2D eigenvalue weighted by Crippen LogP contribution is 2.24. The zero-order valence-corrected chi connectivity index (χ0v) is 15.1. The van der Waals surface area contributed by atoms with E-state index in [0.717, 1.165) is 48.6 Å². The van der Waals surface area contributed by atoms with Gasteiger partial charge in [-0.15, -0.1) is 11.3 Å². The molecule has 0 radical (unpaired) electrons. The van der Waals surface area contributed by atoms with Gasteiger partial charge in [0.25, 0.3) is 0 Å². The van der Waals surface area contributed by atoms with Crippen LogP contribution in [0.1, 0.15) is 17.7 Å². The first-order valence-electron chi connectivity index (χ1n) is 7.83. The van der Waals surface area contributed by atoms with Gasteiger partial charge in [0, 0.05) is 50.8 Å². The highest BCUT2D eigenvalue weighted by molar-refractivity contribution is 7.16. The van der Waals surface area contributed by atoms with Crippen LogP contribution < -0.4 is 10.2 Å². The molecule has 0 amide bonds. The molecule has 0 aromatic carbocycles. The summed E-state index contributed by atoms with van der Waals surface area (Å²) < 4.78 is 0.872. The van der Waals surface area contributed by atoms with E-state index in [-0.39, 0.29) is 0 Å². The molecule has 1 aliphatic rings. The second-order valence-corrected chi connectivity index (χ2v) is 7.84. The van der Waals surface area contributed by atoms with Gasteiger partial charge in [0.05, 0.1) is 4.34 Å². The molecular formula is C16H22ClN5S. The van der Waals surface area contributed by atoms with Gasteiger partial charge in [-0.3, -0.25) is 4.90 Å². The molecule has 2 aromatic rings. The van der Waals surface area contributed by atoms with Gasteiger partial charge >= 0.3 is 0 Å². The standard InChI is InChI=1S/C16H22ClN5S/c1-21(2)16-18-8-5-15(20-16)19-12-6-9-22(10-7-12)11-13-3-4-14(17)23-13/h3-5,8,12H,6-7,9-11H2,1-2H3,(H,18,19,20). The van der Waals surface area contributed by atoms with Crippen LogP contribution in [0.15, 0.2) is 24.4 Å². The monoisotopic (exact) mass is 351 g/mol. The van der Waals surface area contributed by atoms with Gasteiger partial charge in [-0.25, -0.2) is 4.98 Å². The number of nitrogens with one attached hydrogen (secondary N) is 1. The van der Waals surface area contributed by atoms with Crippen molar-refractivity contribution in [1.82, 2.24) is 14.9 Å². The Hall–Kier alpha value is -1.37. The lowest BCUT2D eigenvalue weighted by molar-refractivity contribution is 0.213. The molecule has 3 rings (SSSR count). The molecule has 7 heteroatoms. The largest absolute Gasteiger partial charge is 0.367 e. The van der Waals surface area contributed by atoms with Gasteiger partial charge in [-0.05, 0) is 31.0 Å². The molecule has 124 valence electrons. The molecule has 1 saturated heterocycles. The van der Waals surface area contributed by atoms with E-state index >= 15 is 0 Å². The molecule has 0 saturated carbocycles. The Kier molecular flexibility index (Phi) is 5.35. The van der Waals surface area contributed by atoms with Gasteiger partial charge in [0.1, 0.15) is 5.82 Å². The number of nitrogens with zero attached hydrogens (tertiary/aromatic N) is 4. The van der Waals surface area contributed by atoms with Crippen LogP contribution in [0.2, 0.25) is 4.34 Å². The van der Waals surface area contributed by atoms with Gasteiger partial charge in [0.2, 0.25) is 5.95 Å². The highest BCUT2D eigenvalue weighted by atomic mass is 35.5. The lowest BCUT2D eigenvalue weighted by Gasteiger charge is -2.32. The number of piperidine rings is 1. The summed E-state index contributed by atoms with van der Waals surface area (Å²) in [5.74, 6) is 1.65.